The fraction of sp³-hybridized carbons (Fsp3) is 0.273. The Morgan fingerprint density at radius 2 is 1.78 bits per heavy atom. The van der Waals surface area contributed by atoms with Crippen molar-refractivity contribution in [1.29, 1.82) is 0 Å². The van der Waals surface area contributed by atoms with E-state index in [1.807, 2.05) is 12.1 Å². The third-order valence-electron chi connectivity index (χ3n) is 5.16. The standard InChI is InChI=1S/C22H20Cl2F2N4O2/c23-17-3-1-15(11-18(17)24)13-28-7-9-29(10-8-28)22(31)20-5-6-30(27-20)14-32-21-4-2-16(25)12-19(21)26/h1-6,11-12H,7-10,13-14H2. The molecular formula is C22H20Cl2F2N4O2. The number of aromatic nitrogens is 2. The summed E-state index contributed by atoms with van der Waals surface area (Å²) in [7, 11) is 0. The summed E-state index contributed by atoms with van der Waals surface area (Å²) >= 11 is 12.0. The van der Waals surface area contributed by atoms with Crippen molar-refractivity contribution in [2.75, 3.05) is 26.2 Å². The third kappa shape index (κ3) is 5.38. The first-order valence-electron chi connectivity index (χ1n) is 9.96. The average molecular weight is 481 g/mol. The minimum atomic E-state index is -0.799. The van der Waals surface area contributed by atoms with E-state index in [1.165, 1.54) is 10.7 Å². The molecule has 0 radical (unpaired) electrons. The maximum atomic E-state index is 13.7. The van der Waals surface area contributed by atoms with Gasteiger partial charge in [0.2, 0.25) is 0 Å². The van der Waals surface area contributed by atoms with Crippen LogP contribution in [0.5, 0.6) is 5.75 Å². The molecule has 0 N–H and O–H groups in total. The van der Waals surface area contributed by atoms with Crippen LogP contribution in [-0.4, -0.2) is 51.7 Å². The lowest BCUT2D eigenvalue weighted by Crippen LogP contribution is -2.48. The highest BCUT2D eigenvalue weighted by molar-refractivity contribution is 6.42. The molecule has 1 aliphatic rings. The second-order valence-corrected chi connectivity index (χ2v) is 8.22. The van der Waals surface area contributed by atoms with E-state index in [1.54, 1.807) is 23.2 Å². The first-order chi connectivity index (χ1) is 15.4. The maximum absolute atomic E-state index is 13.7. The highest BCUT2D eigenvalue weighted by Crippen LogP contribution is 2.23. The van der Waals surface area contributed by atoms with Crippen molar-refractivity contribution in [3.05, 3.63) is 81.6 Å². The van der Waals surface area contributed by atoms with Gasteiger partial charge in [-0.3, -0.25) is 9.69 Å². The van der Waals surface area contributed by atoms with Gasteiger partial charge >= 0.3 is 0 Å². The second-order valence-electron chi connectivity index (χ2n) is 7.41. The number of hydrogen-bond acceptors (Lipinski definition) is 4. The Bertz CT molecular complexity index is 1120. The fourth-order valence-electron chi connectivity index (χ4n) is 3.44. The van der Waals surface area contributed by atoms with Gasteiger partial charge in [0.05, 0.1) is 10.0 Å². The molecule has 1 aromatic heterocycles. The number of carbonyl (C=O) groups is 1. The summed E-state index contributed by atoms with van der Waals surface area (Å²) in [4.78, 5) is 16.8. The minimum absolute atomic E-state index is 0.0899. The molecule has 1 saturated heterocycles. The van der Waals surface area contributed by atoms with Crippen LogP contribution in [0.4, 0.5) is 8.78 Å². The normalized spacial score (nSPS) is 14.6. The van der Waals surface area contributed by atoms with Gasteiger partial charge in [-0.15, -0.1) is 0 Å². The molecule has 0 bridgehead atoms. The van der Waals surface area contributed by atoms with Crippen molar-refractivity contribution in [2.45, 2.75) is 13.3 Å². The van der Waals surface area contributed by atoms with E-state index in [0.717, 1.165) is 37.3 Å². The number of nitrogens with zero attached hydrogens (tertiary/aromatic N) is 4. The summed E-state index contributed by atoms with van der Waals surface area (Å²) in [6.45, 7) is 3.21. The predicted octanol–water partition coefficient (Wildman–Crippen LogP) is 4.46. The van der Waals surface area contributed by atoms with Gasteiger partial charge in [0.15, 0.2) is 24.0 Å². The van der Waals surface area contributed by atoms with Crippen LogP contribution in [0.25, 0.3) is 0 Å². The average Bonchev–Trinajstić information content (AvgIpc) is 3.25. The molecule has 168 valence electrons. The zero-order chi connectivity index (χ0) is 22.7. The van der Waals surface area contributed by atoms with Crippen molar-refractivity contribution in [2.24, 2.45) is 0 Å². The number of benzene rings is 2. The molecule has 0 atom stereocenters. The van der Waals surface area contributed by atoms with Crippen LogP contribution in [0, 0.1) is 11.6 Å². The largest absolute Gasteiger partial charge is 0.468 e. The zero-order valence-electron chi connectivity index (χ0n) is 17.0. The minimum Gasteiger partial charge on any atom is -0.468 e. The van der Waals surface area contributed by atoms with E-state index in [-0.39, 0.29) is 24.1 Å². The number of ether oxygens (including phenoxy) is 1. The van der Waals surface area contributed by atoms with Crippen LogP contribution in [0.15, 0.2) is 48.7 Å². The van der Waals surface area contributed by atoms with E-state index in [4.69, 9.17) is 27.9 Å². The molecule has 0 aliphatic carbocycles. The van der Waals surface area contributed by atoms with Gasteiger partial charge in [-0.2, -0.15) is 5.10 Å². The molecule has 1 aliphatic heterocycles. The molecule has 2 heterocycles. The van der Waals surface area contributed by atoms with Crippen molar-refractivity contribution in [3.8, 4) is 5.75 Å². The summed E-state index contributed by atoms with van der Waals surface area (Å²) in [5, 5.41) is 5.27. The van der Waals surface area contributed by atoms with Gasteiger partial charge in [-0.05, 0) is 35.9 Å². The van der Waals surface area contributed by atoms with Crippen molar-refractivity contribution >= 4 is 29.1 Å². The molecule has 0 unspecified atom stereocenters. The van der Waals surface area contributed by atoms with Crippen LogP contribution >= 0.6 is 23.2 Å². The van der Waals surface area contributed by atoms with E-state index in [9.17, 15) is 13.6 Å². The Morgan fingerprint density at radius 3 is 2.50 bits per heavy atom. The maximum Gasteiger partial charge on any atom is 0.274 e. The molecule has 3 aromatic rings. The van der Waals surface area contributed by atoms with E-state index in [2.05, 4.69) is 10.00 Å². The van der Waals surface area contributed by atoms with E-state index < -0.39 is 11.6 Å². The SMILES string of the molecule is O=C(c1ccn(COc2ccc(F)cc2F)n1)N1CCN(Cc2ccc(Cl)c(Cl)c2)CC1. The highest BCUT2D eigenvalue weighted by atomic mass is 35.5. The summed E-state index contributed by atoms with van der Waals surface area (Å²) in [5.41, 5.74) is 1.35. The molecule has 0 spiro atoms. The Labute approximate surface area is 193 Å². The van der Waals surface area contributed by atoms with Gasteiger partial charge in [0.1, 0.15) is 5.82 Å². The topological polar surface area (TPSA) is 50.6 Å². The summed E-state index contributed by atoms with van der Waals surface area (Å²) in [5.74, 6) is -1.75. The number of hydrogen-bond donors (Lipinski definition) is 0. The molecule has 1 amide bonds. The zero-order valence-corrected chi connectivity index (χ0v) is 18.5. The lowest BCUT2D eigenvalue weighted by molar-refractivity contribution is 0.0620. The first-order valence-corrected chi connectivity index (χ1v) is 10.7. The highest BCUT2D eigenvalue weighted by Gasteiger charge is 2.24. The summed E-state index contributed by atoms with van der Waals surface area (Å²) in [6, 6.07) is 10.2. The van der Waals surface area contributed by atoms with Crippen molar-refractivity contribution in [1.82, 2.24) is 19.6 Å². The van der Waals surface area contributed by atoms with Crippen LogP contribution < -0.4 is 4.74 Å². The predicted molar refractivity (Wildman–Crippen MR) is 117 cm³/mol. The van der Waals surface area contributed by atoms with E-state index in [0.29, 0.717) is 23.1 Å². The van der Waals surface area contributed by atoms with E-state index >= 15 is 0 Å². The smallest absolute Gasteiger partial charge is 0.274 e. The van der Waals surface area contributed by atoms with Gasteiger partial charge in [-0.1, -0.05) is 29.3 Å². The number of amides is 1. The molecule has 4 rings (SSSR count). The molecule has 32 heavy (non-hydrogen) atoms. The number of carbonyl (C=O) groups excluding carboxylic acids is 1. The Hall–Kier alpha value is -2.68. The van der Waals surface area contributed by atoms with Gasteiger partial charge in [0.25, 0.3) is 5.91 Å². The van der Waals surface area contributed by atoms with Crippen molar-refractivity contribution < 1.29 is 18.3 Å². The Kier molecular flexibility index (Phi) is 6.93. The van der Waals surface area contributed by atoms with Gasteiger partial charge < -0.3 is 9.64 Å². The second kappa shape index (κ2) is 9.85. The molecule has 0 saturated carbocycles. The quantitative estimate of drug-likeness (QED) is 0.522. The molecular weight excluding hydrogens is 461 g/mol. The Morgan fingerprint density at radius 1 is 1.00 bits per heavy atom. The number of rotatable bonds is 6. The molecule has 2 aromatic carbocycles. The Balaban J connectivity index is 1.28. The lowest BCUT2D eigenvalue weighted by Gasteiger charge is -2.34. The third-order valence-corrected chi connectivity index (χ3v) is 5.89. The van der Waals surface area contributed by atoms with Crippen LogP contribution in [0.3, 0.4) is 0 Å². The summed E-state index contributed by atoms with van der Waals surface area (Å²) < 4.78 is 33.3. The van der Waals surface area contributed by atoms with Crippen LogP contribution in [0.2, 0.25) is 10.0 Å². The number of piperazine rings is 1. The van der Waals surface area contributed by atoms with Crippen LogP contribution in [-0.2, 0) is 13.3 Å². The number of halogens is 4. The van der Waals surface area contributed by atoms with Crippen molar-refractivity contribution in [3.63, 3.8) is 0 Å². The fourth-order valence-corrected chi connectivity index (χ4v) is 3.76. The molecule has 10 heteroatoms. The first kappa shape index (κ1) is 22.5. The molecule has 1 fully saturated rings. The van der Waals surface area contributed by atoms with Gasteiger partial charge in [-0.25, -0.2) is 13.5 Å². The van der Waals surface area contributed by atoms with Crippen LogP contribution in [0.1, 0.15) is 16.1 Å². The summed E-state index contributed by atoms with van der Waals surface area (Å²) in [6.07, 6.45) is 1.58. The lowest BCUT2D eigenvalue weighted by atomic mass is 10.2. The molecule has 6 nitrogen and oxygen atoms in total. The van der Waals surface area contributed by atoms with Gasteiger partial charge in [0, 0.05) is 45.0 Å². The monoisotopic (exact) mass is 480 g/mol.